The van der Waals surface area contributed by atoms with E-state index < -0.39 is 0 Å². The van der Waals surface area contributed by atoms with Gasteiger partial charge in [-0.3, -0.25) is 9.79 Å². The monoisotopic (exact) mass is 408 g/mol. The molecule has 1 fully saturated rings. The molecule has 1 aliphatic rings. The highest BCUT2D eigenvalue weighted by Crippen LogP contribution is 2.20. The van der Waals surface area contributed by atoms with E-state index in [-0.39, 0.29) is 5.91 Å². The fourth-order valence-electron chi connectivity index (χ4n) is 3.78. The largest absolute Gasteiger partial charge is 0.496 e. The highest BCUT2D eigenvalue weighted by Gasteiger charge is 2.20. The number of nitrogens with one attached hydrogen (secondary N) is 2. The van der Waals surface area contributed by atoms with Crippen LogP contribution in [-0.4, -0.2) is 44.0 Å². The lowest BCUT2D eigenvalue weighted by Gasteiger charge is -2.19. The van der Waals surface area contributed by atoms with Gasteiger partial charge in [-0.05, 0) is 42.5 Å². The molecule has 2 aromatic carbocycles. The lowest BCUT2D eigenvalue weighted by molar-refractivity contribution is -0.128. The van der Waals surface area contributed by atoms with Crippen molar-refractivity contribution in [1.29, 1.82) is 0 Å². The summed E-state index contributed by atoms with van der Waals surface area (Å²) in [6, 6.07) is 14.5. The summed E-state index contributed by atoms with van der Waals surface area (Å²) < 4.78 is 5.46. The van der Waals surface area contributed by atoms with Gasteiger partial charge in [-0.2, -0.15) is 0 Å². The average Bonchev–Trinajstić information content (AvgIpc) is 3.16. The lowest BCUT2D eigenvalue weighted by atomic mass is 10.1. The molecule has 6 heteroatoms. The van der Waals surface area contributed by atoms with Crippen LogP contribution in [0.1, 0.15) is 35.1 Å². The van der Waals surface area contributed by atoms with Crippen molar-refractivity contribution in [2.45, 2.75) is 39.3 Å². The van der Waals surface area contributed by atoms with E-state index in [9.17, 15) is 4.79 Å². The first-order chi connectivity index (χ1) is 14.6. The van der Waals surface area contributed by atoms with Crippen LogP contribution in [0.2, 0.25) is 0 Å². The van der Waals surface area contributed by atoms with Crippen molar-refractivity contribution in [3.05, 3.63) is 64.7 Å². The topological polar surface area (TPSA) is 66.0 Å². The Morgan fingerprint density at radius 1 is 1.13 bits per heavy atom. The molecule has 0 spiro atoms. The number of ether oxygens (including phenoxy) is 1. The predicted octanol–water partition coefficient (Wildman–Crippen LogP) is 3.03. The van der Waals surface area contributed by atoms with Crippen LogP contribution in [0.5, 0.6) is 5.75 Å². The minimum atomic E-state index is 0.252. The number of hydrogen-bond donors (Lipinski definition) is 2. The minimum Gasteiger partial charge on any atom is -0.496 e. The van der Waals surface area contributed by atoms with Crippen LogP contribution < -0.4 is 15.4 Å². The molecular weight excluding hydrogens is 376 g/mol. The first kappa shape index (κ1) is 21.7. The zero-order valence-corrected chi connectivity index (χ0v) is 18.2. The zero-order chi connectivity index (χ0) is 21.3. The molecule has 2 N–H and O–H groups in total. The maximum absolute atomic E-state index is 12.0. The van der Waals surface area contributed by atoms with Crippen molar-refractivity contribution < 1.29 is 9.53 Å². The van der Waals surface area contributed by atoms with Crippen molar-refractivity contribution in [1.82, 2.24) is 15.5 Å². The summed E-state index contributed by atoms with van der Waals surface area (Å²) in [6.07, 6.45) is 2.48. The van der Waals surface area contributed by atoms with Gasteiger partial charge >= 0.3 is 0 Å². The van der Waals surface area contributed by atoms with Crippen molar-refractivity contribution in [3.63, 3.8) is 0 Å². The number of likely N-dealkylation sites (tertiary alicyclic amines) is 1. The Hall–Kier alpha value is -3.02. The van der Waals surface area contributed by atoms with E-state index in [1.807, 2.05) is 23.1 Å². The van der Waals surface area contributed by atoms with Crippen LogP contribution >= 0.6 is 0 Å². The van der Waals surface area contributed by atoms with Crippen LogP contribution in [0.3, 0.4) is 0 Å². The van der Waals surface area contributed by atoms with Gasteiger partial charge in [-0.15, -0.1) is 0 Å². The summed E-state index contributed by atoms with van der Waals surface area (Å²) in [5, 5.41) is 6.77. The van der Waals surface area contributed by atoms with E-state index >= 15 is 0 Å². The average molecular weight is 409 g/mol. The molecule has 0 aromatic heterocycles. The van der Waals surface area contributed by atoms with Crippen LogP contribution in [0.15, 0.2) is 47.5 Å². The minimum absolute atomic E-state index is 0.252. The van der Waals surface area contributed by atoms with Crippen LogP contribution in [-0.2, 0) is 24.3 Å². The van der Waals surface area contributed by atoms with Crippen LogP contribution in [0.4, 0.5) is 0 Å². The molecule has 160 valence electrons. The third kappa shape index (κ3) is 5.75. The number of carbonyl (C=O) groups excluding carboxylic acids is 1. The number of rotatable bonds is 8. The van der Waals surface area contributed by atoms with Gasteiger partial charge in [-0.1, -0.05) is 42.0 Å². The number of nitrogens with zero attached hydrogens (tertiary/aromatic N) is 2. The number of aryl methyl sites for hydroxylation is 1. The first-order valence-corrected chi connectivity index (χ1v) is 10.5. The molecule has 0 radical (unpaired) electrons. The van der Waals surface area contributed by atoms with Gasteiger partial charge < -0.3 is 20.3 Å². The van der Waals surface area contributed by atoms with Gasteiger partial charge in [0.1, 0.15) is 5.75 Å². The molecule has 0 bridgehead atoms. The van der Waals surface area contributed by atoms with E-state index in [4.69, 9.17) is 4.74 Å². The van der Waals surface area contributed by atoms with Crippen molar-refractivity contribution in [2.75, 3.05) is 27.2 Å². The molecule has 0 atom stereocenters. The quantitative estimate of drug-likeness (QED) is 0.521. The highest BCUT2D eigenvalue weighted by molar-refractivity contribution is 5.79. The Morgan fingerprint density at radius 2 is 1.93 bits per heavy atom. The molecule has 0 aliphatic carbocycles. The standard InChI is InChI=1S/C24H32N4O2/c1-18-10-11-22(30-3)19(15-18)12-13-26-24(25-2)27-16-20-7-4-5-8-21(20)17-28-14-6-9-23(28)29/h4-5,7-8,10-11,15H,6,9,12-14,16-17H2,1-3H3,(H2,25,26,27). The number of methoxy groups -OCH3 is 1. The Bertz CT molecular complexity index is 895. The van der Waals surface area contributed by atoms with E-state index in [2.05, 4.69) is 46.8 Å². The summed E-state index contributed by atoms with van der Waals surface area (Å²) in [4.78, 5) is 18.3. The second-order valence-electron chi connectivity index (χ2n) is 7.61. The lowest BCUT2D eigenvalue weighted by Crippen LogP contribution is -2.38. The predicted molar refractivity (Wildman–Crippen MR) is 121 cm³/mol. The van der Waals surface area contributed by atoms with Gasteiger partial charge in [0.25, 0.3) is 0 Å². The number of guanidine groups is 1. The third-order valence-corrected chi connectivity index (χ3v) is 5.44. The summed E-state index contributed by atoms with van der Waals surface area (Å²) >= 11 is 0. The fourth-order valence-corrected chi connectivity index (χ4v) is 3.78. The summed E-state index contributed by atoms with van der Waals surface area (Å²) in [7, 11) is 3.48. The van der Waals surface area contributed by atoms with Gasteiger partial charge in [0.2, 0.25) is 5.91 Å². The summed E-state index contributed by atoms with van der Waals surface area (Å²) in [5.41, 5.74) is 4.77. The molecule has 3 rings (SSSR count). The van der Waals surface area contributed by atoms with E-state index in [0.29, 0.717) is 19.5 Å². The first-order valence-electron chi connectivity index (χ1n) is 10.5. The number of carbonyl (C=O) groups is 1. The molecule has 0 saturated carbocycles. The summed E-state index contributed by atoms with van der Waals surface area (Å²) in [6.45, 7) is 5.03. The second-order valence-corrected chi connectivity index (χ2v) is 7.61. The normalized spacial score (nSPS) is 14.2. The second kappa shape index (κ2) is 10.7. The van der Waals surface area contributed by atoms with Crippen molar-refractivity contribution in [3.8, 4) is 5.75 Å². The molecule has 1 saturated heterocycles. The molecule has 0 unspecified atom stereocenters. The molecule has 6 nitrogen and oxygen atoms in total. The SMILES string of the molecule is CN=C(NCCc1cc(C)ccc1OC)NCc1ccccc1CN1CCCC1=O. The van der Waals surface area contributed by atoms with Crippen LogP contribution in [0, 0.1) is 6.92 Å². The summed E-state index contributed by atoms with van der Waals surface area (Å²) in [5.74, 6) is 1.92. The molecule has 2 aromatic rings. The Balaban J connectivity index is 1.54. The van der Waals surface area contributed by atoms with Crippen molar-refractivity contribution >= 4 is 11.9 Å². The third-order valence-electron chi connectivity index (χ3n) is 5.44. The van der Waals surface area contributed by atoms with E-state index in [0.717, 1.165) is 37.6 Å². The number of aliphatic imine (C=N–C) groups is 1. The van der Waals surface area contributed by atoms with Crippen molar-refractivity contribution in [2.24, 2.45) is 4.99 Å². The number of benzene rings is 2. The smallest absolute Gasteiger partial charge is 0.222 e. The molecular formula is C24H32N4O2. The van der Waals surface area contributed by atoms with E-state index in [1.54, 1.807) is 14.2 Å². The fraction of sp³-hybridized carbons (Fsp3) is 0.417. The highest BCUT2D eigenvalue weighted by atomic mass is 16.5. The van der Waals surface area contributed by atoms with Gasteiger partial charge in [0.15, 0.2) is 5.96 Å². The van der Waals surface area contributed by atoms with Gasteiger partial charge in [-0.25, -0.2) is 0 Å². The number of hydrogen-bond acceptors (Lipinski definition) is 3. The maximum atomic E-state index is 12.0. The molecule has 1 aliphatic heterocycles. The molecule has 30 heavy (non-hydrogen) atoms. The van der Waals surface area contributed by atoms with E-state index in [1.165, 1.54) is 22.3 Å². The molecule has 1 heterocycles. The maximum Gasteiger partial charge on any atom is 0.222 e. The Kier molecular flexibility index (Phi) is 7.71. The van der Waals surface area contributed by atoms with Crippen LogP contribution in [0.25, 0.3) is 0 Å². The van der Waals surface area contributed by atoms with Gasteiger partial charge in [0, 0.05) is 39.6 Å². The Labute approximate surface area is 179 Å². The molecule has 1 amide bonds. The Morgan fingerprint density at radius 3 is 2.63 bits per heavy atom. The van der Waals surface area contributed by atoms with Gasteiger partial charge in [0.05, 0.1) is 7.11 Å². The zero-order valence-electron chi connectivity index (χ0n) is 18.2. The number of amides is 1.